The van der Waals surface area contributed by atoms with E-state index in [1.165, 1.54) is 38.5 Å². The molecule has 12 atom stereocenters. The Hall–Kier alpha value is -0.120. The van der Waals surface area contributed by atoms with Crippen LogP contribution in [0.15, 0.2) is 0 Å². The van der Waals surface area contributed by atoms with Crippen LogP contribution in [0.4, 0.5) is 0 Å². The highest BCUT2D eigenvalue weighted by molar-refractivity contribution is 5.20. The molecule has 33 heavy (non-hydrogen) atoms. The van der Waals surface area contributed by atoms with Crippen molar-refractivity contribution < 1.29 is 15.3 Å². The molecule has 0 spiro atoms. The van der Waals surface area contributed by atoms with Crippen molar-refractivity contribution in [2.45, 2.75) is 118 Å². The van der Waals surface area contributed by atoms with Crippen molar-refractivity contribution in [3.8, 4) is 0 Å². The lowest BCUT2D eigenvalue weighted by Gasteiger charge is -2.74. The molecule has 0 aromatic rings. The van der Waals surface area contributed by atoms with Crippen LogP contribution in [0.3, 0.4) is 0 Å². The summed E-state index contributed by atoms with van der Waals surface area (Å²) in [5.74, 6) is 3.79. The van der Waals surface area contributed by atoms with Crippen molar-refractivity contribution in [1.29, 1.82) is 0 Å². The van der Waals surface area contributed by atoms with E-state index < -0.39 is 12.2 Å². The lowest BCUT2D eigenvalue weighted by Crippen LogP contribution is -2.70. The van der Waals surface area contributed by atoms with Crippen LogP contribution in [0, 0.1) is 62.6 Å². The molecule has 0 amide bonds. The van der Waals surface area contributed by atoms with Gasteiger partial charge in [-0.05, 0) is 115 Å². The highest BCUT2D eigenvalue weighted by Gasteiger charge is 2.71. The lowest BCUT2D eigenvalue weighted by atomic mass is 9.31. The van der Waals surface area contributed by atoms with Gasteiger partial charge >= 0.3 is 0 Å². The molecule has 190 valence electrons. The fourth-order valence-corrected chi connectivity index (χ4v) is 12.0. The van der Waals surface area contributed by atoms with Crippen LogP contribution in [0.5, 0.6) is 0 Å². The van der Waals surface area contributed by atoms with Crippen molar-refractivity contribution in [2.24, 2.45) is 62.6 Å². The predicted molar refractivity (Wildman–Crippen MR) is 133 cm³/mol. The summed E-state index contributed by atoms with van der Waals surface area (Å²) in [6.45, 7) is 17.3. The number of hydrogen-bond acceptors (Lipinski definition) is 3. The summed E-state index contributed by atoms with van der Waals surface area (Å²) < 4.78 is 0. The fourth-order valence-electron chi connectivity index (χ4n) is 12.0. The summed E-state index contributed by atoms with van der Waals surface area (Å²) in [4.78, 5) is 0. The smallest absolute Gasteiger partial charge is 0.0852 e. The molecule has 5 aliphatic rings. The maximum absolute atomic E-state index is 11.3. The van der Waals surface area contributed by atoms with Gasteiger partial charge in [0.15, 0.2) is 0 Å². The van der Waals surface area contributed by atoms with Crippen LogP contribution in [-0.4, -0.2) is 34.1 Å². The summed E-state index contributed by atoms with van der Waals surface area (Å²) >= 11 is 0. The third kappa shape index (κ3) is 2.91. The second-order valence-corrected chi connectivity index (χ2v) is 15.2. The number of fused-ring (bicyclic) bond motifs is 7. The molecule has 0 heterocycles. The van der Waals surface area contributed by atoms with Gasteiger partial charge in [-0.2, -0.15) is 0 Å². The van der Waals surface area contributed by atoms with Crippen molar-refractivity contribution >= 4 is 0 Å². The first-order valence-corrected chi connectivity index (χ1v) is 14.3. The monoisotopic (exact) mass is 460 g/mol. The second-order valence-electron chi connectivity index (χ2n) is 15.2. The van der Waals surface area contributed by atoms with Crippen LogP contribution >= 0.6 is 0 Å². The minimum absolute atomic E-state index is 0.00452. The first-order valence-electron chi connectivity index (χ1n) is 14.3. The third-order valence-corrected chi connectivity index (χ3v) is 13.9. The average molecular weight is 461 g/mol. The van der Waals surface area contributed by atoms with E-state index in [1.54, 1.807) is 0 Å². The minimum atomic E-state index is -0.639. The second kappa shape index (κ2) is 7.45. The Labute approximate surface area is 203 Å². The Bertz CT molecular complexity index is 779. The molecule has 0 aromatic heterocycles. The molecule has 3 heteroatoms. The molecule has 5 fully saturated rings. The van der Waals surface area contributed by atoms with Crippen molar-refractivity contribution in [3.63, 3.8) is 0 Å². The van der Waals surface area contributed by atoms with E-state index >= 15 is 0 Å². The molecule has 5 aliphatic carbocycles. The van der Waals surface area contributed by atoms with Gasteiger partial charge in [0.2, 0.25) is 0 Å². The number of aliphatic hydroxyl groups is 3. The molecule has 3 N–H and O–H groups in total. The standard InChI is InChI=1S/C30H52O3/c1-18-10-12-27(5)14-15-30(17-31)20(24(27)19(18)2)8-9-23-28(6)16-21(32)25(33)26(3,4)22(28)11-13-29(23,30)7/h18-25,31-33H,8-17H2,1-7H3/t18-,19+,20-,21-,22?,23-,24+,25+,27-,28+,29-,30+/m1/s1. The summed E-state index contributed by atoms with van der Waals surface area (Å²) in [6, 6.07) is 0. The van der Waals surface area contributed by atoms with Crippen LogP contribution in [0.2, 0.25) is 0 Å². The summed E-state index contributed by atoms with van der Waals surface area (Å²) in [6.07, 6.45) is 9.33. The minimum Gasteiger partial charge on any atom is -0.396 e. The summed E-state index contributed by atoms with van der Waals surface area (Å²) in [5, 5.41) is 33.2. The SMILES string of the molecule is C[C@@H]1[C@H]2[C@H]3CC[C@@H]4[C@@]5(C)C[C@@H](O)[C@H](O)C(C)(C)C5CC[C@@]4(C)[C@]3(CO)CC[C@@]2(C)CC[C@H]1C. The summed E-state index contributed by atoms with van der Waals surface area (Å²) in [5.41, 5.74) is 0.303. The van der Waals surface area contributed by atoms with Gasteiger partial charge in [0, 0.05) is 12.0 Å². The van der Waals surface area contributed by atoms with Gasteiger partial charge in [-0.15, -0.1) is 0 Å². The topological polar surface area (TPSA) is 60.7 Å². The number of rotatable bonds is 1. The maximum atomic E-state index is 11.3. The van der Waals surface area contributed by atoms with E-state index in [2.05, 4.69) is 48.5 Å². The molecule has 5 saturated carbocycles. The van der Waals surface area contributed by atoms with E-state index in [4.69, 9.17) is 0 Å². The van der Waals surface area contributed by atoms with Crippen LogP contribution < -0.4 is 0 Å². The number of aliphatic hydroxyl groups excluding tert-OH is 3. The van der Waals surface area contributed by atoms with Crippen LogP contribution in [-0.2, 0) is 0 Å². The molecule has 3 nitrogen and oxygen atoms in total. The Morgan fingerprint density at radius 2 is 1.48 bits per heavy atom. The van der Waals surface area contributed by atoms with E-state index in [1.807, 2.05) is 0 Å². The van der Waals surface area contributed by atoms with E-state index in [0.717, 1.165) is 30.6 Å². The molecule has 5 rings (SSSR count). The van der Waals surface area contributed by atoms with Gasteiger partial charge in [0.1, 0.15) is 0 Å². The van der Waals surface area contributed by atoms with E-state index in [-0.39, 0.29) is 21.7 Å². The van der Waals surface area contributed by atoms with Gasteiger partial charge in [-0.25, -0.2) is 0 Å². The quantitative estimate of drug-likeness (QED) is 0.446. The average Bonchev–Trinajstić information content (AvgIpc) is 2.74. The third-order valence-electron chi connectivity index (χ3n) is 13.9. The van der Waals surface area contributed by atoms with Gasteiger partial charge in [-0.3, -0.25) is 0 Å². The molecular weight excluding hydrogens is 408 g/mol. The largest absolute Gasteiger partial charge is 0.396 e. The Kier molecular flexibility index (Phi) is 5.55. The zero-order valence-corrected chi connectivity index (χ0v) is 22.5. The lowest BCUT2D eigenvalue weighted by molar-refractivity contribution is -0.280. The molecule has 0 aromatic carbocycles. The van der Waals surface area contributed by atoms with Crippen LogP contribution in [0.1, 0.15) is 106 Å². The van der Waals surface area contributed by atoms with Gasteiger partial charge in [0.05, 0.1) is 12.2 Å². The zero-order chi connectivity index (χ0) is 24.2. The highest BCUT2D eigenvalue weighted by atomic mass is 16.3. The van der Waals surface area contributed by atoms with Crippen molar-refractivity contribution in [3.05, 3.63) is 0 Å². The van der Waals surface area contributed by atoms with Gasteiger partial charge in [-0.1, -0.05) is 48.5 Å². The molecule has 0 saturated heterocycles. The first kappa shape index (κ1) is 24.6. The maximum Gasteiger partial charge on any atom is 0.0852 e. The summed E-state index contributed by atoms with van der Waals surface area (Å²) in [7, 11) is 0. The normalized spacial score (nSPS) is 60.2. The molecular formula is C30H52O3. The fraction of sp³-hybridized carbons (Fsp3) is 1.00. The van der Waals surface area contributed by atoms with E-state index in [0.29, 0.717) is 36.2 Å². The highest BCUT2D eigenvalue weighted by Crippen LogP contribution is 2.76. The van der Waals surface area contributed by atoms with Crippen LogP contribution in [0.25, 0.3) is 0 Å². The van der Waals surface area contributed by atoms with Gasteiger partial charge in [0.25, 0.3) is 0 Å². The zero-order valence-electron chi connectivity index (χ0n) is 22.5. The Morgan fingerprint density at radius 1 is 0.788 bits per heavy atom. The Balaban J connectivity index is 1.58. The van der Waals surface area contributed by atoms with Crippen molar-refractivity contribution in [2.75, 3.05) is 6.61 Å². The molecule has 1 unspecified atom stereocenters. The Morgan fingerprint density at radius 3 is 2.15 bits per heavy atom. The van der Waals surface area contributed by atoms with E-state index in [9.17, 15) is 15.3 Å². The number of hydrogen-bond donors (Lipinski definition) is 3. The molecule has 0 bridgehead atoms. The molecule has 0 radical (unpaired) electrons. The van der Waals surface area contributed by atoms with Crippen molar-refractivity contribution in [1.82, 2.24) is 0 Å². The predicted octanol–water partition coefficient (Wildman–Crippen LogP) is 6.05. The molecule has 0 aliphatic heterocycles. The van der Waals surface area contributed by atoms with Gasteiger partial charge < -0.3 is 15.3 Å². The first-order chi connectivity index (χ1) is 15.3.